The lowest BCUT2D eigenvalue weighted by atomic mass is 9.72. The van der Waals surface area contributed by atoms with E-state index in [-0.39, 0.29) is 5.41 Å². The van der Waals surface area contributed by atoms with E-state index in [4.69, 9.17) is 4.74 Å². The van der Waals surface area contributed by atoms with E-state index < -0.39 is 0 Å². The van der Waals surface area contributed by atoms with Crippen LogP contribution in [0.4, 0.5) is 0 Å². The van der Waals surface area contributed by atoms with E-state index in [0.29, 0.717) is 6.61 Å². The topological polar surface area (TPSA) is 9.23 Å². The van der Waals surface area contributed by atoms with Crippen LogP contribution in [0.2, 0.25) is 0 Å². The highest BCUT2D eigenvalue weighted by Gasteiger charge is 2.39. The first-order chi connectivity index (χ1) is 9.31. The Kier molecular flexibility index (Phi) is 3.22. The summed E-state index contributed by atoms with van der Waals surface area (Å²) in [6.07, 6.45) is 0.955. The van der Waals surface area contributed by atoms with Gasteiger partial charge >= 0.3 is 0 Å². The normalized spacial score (nSPS) is 22.6. The zero-order valence-electron chi connectivity index (χ0n) is 11.0. The molecule has 0 aliphatic carbocycles. The van der Waals surface area contributed by atoms with Gasteiger partial charge in [-0.2, -0.15) is 0 Å². The molecule has 1 heteroatoms. The summed E-state index contributed by atoms with van der Waals surface area (Å²) in [5, 5.41) is 0. The van der Waals surface area contributed by atoms with Crippen molar-refractivity contribution in [2.24, 2.45) is 0 Å². The van der Waals surface area contributed by atoms with Crippen LogP contribution in [0.1, 0.15) is 11.1 Å². The molecule has 96 valence electrons. The van der Waals surface area contributed by atoms with Crippen molar-refractivity contribution in [2.75, 3.05) is 13.2 Å². The molecule has 2 aromatic carbocycles. The van der Waals surface area contributed by atoms with Gasteiger partial charge in [-0.15, -0.1) is 0 Å². The minimum Gasteiger partial charge on any atom is -0.376 e. The first kappa shape index (κ1) is 12.2. The van der Waals surface area contributed by atoms with Crippen molar-refractivity contribution in [3.8, 4) is 0 Å². The fourth-order valence-corrected chi connectivity index (χ4v) is 2.86. The van der Waals surface area contributed by atoms with Crippen molar-refractivity contribution in [1.82, 2.24) is 0 Å². The van der Waals surface area contributed by atoms with Crippen LogP contribution in [0, 0.1) is 0 Å². The quantitative estimate of drug-likeness (QED) is 0.754. The monoisotopic (exact) mass is 250 g/mol. The third kappa shape index (κ3) is 2.22. The summed E-state index contributed by atoms with van der Waals surface area (Å²) >= 11 is 0. The first-order valence-electron chi connectivity index (χ1n) is 6.67. The molecule has 0 N–H and O–H groups in total. The van der Waals surface area contributed by atoms with Crippen LogP contribution in [0.15, 0.2) is 72.8 Å². The summed E-state index contributed by atoms with van der Waals surface area (Å²) in [6, 6.07) is 21.2. The van der Waals surface area contributed by atoms with Crippen LogP contribution >= 0.6 is 0 Å². The maximum atomic E-state index is 5.70. The van der Waals surface area contributed by atoms with E-state index in [9.17, 15) is 0 Å². The summed E-state index contributed by atoms with van der Waals surface area (Å²) in [5.74, 6) is 0. The molecule has 0 amide bonds. The second-order valence-corrected chi connectivity index (χ2v) is 5.21. The maximum absolute atomic E-state index is 5.70. The second-order valence-electron chi connectivity index (χ2n) is 5.21. The SMILES string of the molecule is C=C1COCC1(Cc1ccccc1)c1ccccc1. The molecule has 1 nitrogen and oxygen atoms in total. The van der Waals surface area contributed by atoms with Gasteiger partial charge in [-0.05, 0) is 23.1 Å². The molecule has 2 aromatic rings. The average molecular weight is 250 g/mol. The maximum Gasteiger partial charge on any atom is 0.0684 e. The highest BCUT2D eigenvalue weighted by Crippen LogP contribution is 2.39. The molecule has 1 saturated heterocycles. The first-order valence-corrected chi connectivity index (χ1v) is 6.67. The molecule has 0 spiro atoms. The Morgan fingerprint density at radius 1 is 0.947 bits per heavy atom. The summed E-state index contributed by atoms with van der Waals surface area (Å²) in [4.78, 5) is 0. The van der Waals surface area contributed by atoms with Crippen molar-refractivity contribution in [3.05, 3.63) is 83.9 Å². The van der Waals surface area contributed by atoms with Crippen molar-refractivity contribution < 1.29 is 4.74 Å². The van der Waals surface area contributed by atoms with Gasteiger partial charge in [0.1, 0.15) is 0 Å². The standard InChI is InChI=1S/C18H18O/c1-15-13-19-14-18(15,17-10-6-3-7-11-17)12-16-8-4-2-5-9-16/h2-11H,1,12-14H2. The lowest BCUT2D eigenvalue weighted by Crippen LogP contribution is -2.31. The number of hydrogen-bond acceptors (Lipinski definition) is 1. The number of benzene rings is 2. The van der Waals surface area contributed by atoms with Gasteiger partial charge in [0, 0.05) is 5.41 Å². The van der Waals surface area contributed by atoms with Crippen molar-refractivity contribution >= 4 is 0 Å². The molecule has 1 fully saturated rings. The molecule has 0 aromatic heterocycles. The Labute approximate surface area is 114 Å². The minimum absolute atomic E-state index is 0.0669. The van der Waals surface area contributed by atoms with Crippen LogP contribution in [0.5, 0.6) is 0 Å². The lowest BCUT2D eigenvalue weighted by molar-refractivity contribution is 0.177. The molecule has 19 heavy (non-hydrogen) atoms. The fraction of sp³-hybridized carbons (Fsp3) is 0.222. The molecule has 1 aliphatic rings. The third-order valence-corrected chi connectivity index (χ3v) is 3.98. The highest BCUT2D eigenvalue weighted by molar-refractivity contribution is 5.40. The smallest absolute Gasteiger partial charge is 0.0684 e. The van der Waals surface area contributed by atoms with E-state index in [0.717, 1.165) is 13.0 Å². The van der Waals surface area contributed by atoms with Gasteiger partial charge < -0.3 is 4.74 Å². The molecule has 0 bridgehead atoms. The van der Waals surface area contributed by atoms with Gasteiger partial charge in [0.05, 0.1) is 13.2 Å². The Morgan fingerprint density at radius 2 is 1.58 bits per heavy atom. The summed E-state index contributed by atoms with van der Waals surface area (Å²) < 4.78 is 5.70. The van der Waals surface area contributed by atoms with Gasteiger partial charge in [-0.3, -0.25) is 0 Å². The summed E-state index contributed by atoms with van der Waals surface area (Å²) in [7, 11) is 0. The van der Waals surface area contributed by atoms with Crippen LogP contribution in [0.3, 0.4) is 0 Å². The average Bonchev–Trinajstić information content (AvgIpc) is 2.83. The molecule has 1 atom stereocenters. The van der Waals surface area contributed by atoms with Crippen molar-refractivity contribution in [1.29, 1.82) is 0 Å². The van der Waals surface area contributed by atoms with Crippen LogP contribution in [-0.4, -0.2) is 13.2 Å². The highest BCUT2D eigenvalue weighted by atomic mass is 16.5. The molecule has 3 rings (SSSR count). The van der Waals surface area contributed by atoms with E-state index in [1.54, 1.807) is 0 Å². The summed E-state index contributed by atoms with van der Waals surface area (Å²) in [6.45, 7) is 5.65. The van der Waals surface area contributed by atoms with Crippen LogP contribution in [-0.2, 0) is 16.6 Å². The number of ether oxygens (including phenoxy) is 1. The van der Waals surface area contributed by atoms with E-state index in [2.05, 4.69) is 67.2 Å². The lowest BCUT2D eigenvalue weighted by Gasteiger charge is -2.29. The van der Waals surface area contributed by atoms with E-state index >= 15 is 0 Å². The molecular weight excluding hydrogens is 232 g/mol. The Balaban J connectivity index is 2.01. The van der Waals surface area contributed by atoms with E-state index in [1.807, 2.05) is 0 Å². The Bertz CT molecular complexity index is 559. The van der Waals surface area contributed by atoms with Gasteiger partial charge in [0.25, 0.3) is 0 Å². The van der Waals surface area contributed by atoms with Gasteiger partial charge in [-0.1, -0.05) is 67.2 Å². The molecule has 0 saturated carbocycles. The minimum atomic E-state index is -0.0669. The molecule has 1 unspecified atom stereocenters. The molecule has 1 aliphatic heterocycles. The predicted molar refractivity (Wildman–Crippen MR) is 78.2 cm³/mol. The molecular formula is C18H18O. The van der Waals surface area contributed by atoms with Gasteiger partial charge in [0.2, 0.25) is 0 Å². The van der Waals surface area contributed by atoms with Crippen LogP contribution < -0.4 is 0 Å². The third-order valence-electron chi connectivity index (χ3n) is 3.98. The van der Waals surface area contributed by atoms with Gasteiger partial charge in [-0.25, -0.2) is 0 Å². The van der Waals surface area contributed by atoms with Crippen molar-refractivity contribution in [3.63, 3.8) is 0 Å². The predicted octanol–water partition coefficient (Wildman–Crippen LogP) is 3.75. The second kappa shape index (κ2) is 5.02. The molecule has 1 heterocycles. The molecule has 0 radical (unpaired) electrons. The van der Waals surface area contributed by atoms with Crippen LogP contribution in [0.25, 0.3) is 0 Å². The van der Waals surface area contributed by atoms with Crippen molar-refractivity contribution in [2.45, 2.75) is 11.8 Å². The fourth-order valence-electron chi connectivity index (χ4n) is 2.86. The number of rotatable bonds is 3. The zero-order chi connectivity index (χ0) is 13.1. The number of hydrogen-bond donors (Lipinski definition) is 0. The summed E-state index contributed by atoms with van der Waals surface area (Å²) in [5.41, 5.74) is 3.75. The largest absolute Gasteiger partial charge is 0.376 e. The zero-order valence-corrected chi connectivity index (χ0v) is 11.0. The Hall–Kier alpha value is -1.86. The van der Waals surface area contributed by atoms with E-state index in [1.165, 1.54) is 16.7 Å². The Morgan fingerprint density at radius 3 is 2.16 bits per heavy atom. The van der Waals surface area contributed by atoms with Gasteiger partial charge in [0.15, 0.2) is 0 Å².